The molecule has 11 heteroatoms. The maximum Gasteiger partial charge on any atom is 0.264 e. The zero-order valence-electron chi connectivity index (χ0n) is 21.9. The molecule has 0 saturated heterocycles. The number of benzene rings is 3. The van der Waals surface area contributed by atoms with Crippen molar-refractivity contribution in [3.63, 3.8) is 0 Å². The van der Waals surface area contributed by atoms with Crippen LogP contribution in [-0.2, 0) is 26.2 Å². The molecule has 0 aromatic heterocycles. The van der Waals surface area contributed by atoms with E-state index < -0.39 is 28.5 Å². The van der Waals surface area contributed by atoms with Gasteiger partial charge in [-0.25, -0.2) is 8.42 Å². The van der Waals surface area contributed by atoms with Crippen LogP contribution in [0.5, 0.6) is 5.75 Å². The van der Waals surface area contributed by atoms with Gasteiger partial charge in [0.25, 0.3) is 10.0 Å². The standard InChI is InChI=1S/C28H31BrClN3O5S/c1-4-26(28(35)31-3)32(18-20-8-6-7-9-25(20)30)27(34)19-33(22-12-14-23(15-13-22)38-5-2)39(36,37)24-16-10-21(29)11-17-24/h6-17,26H,4-5,18-19H2,1-3H3,(H,31,35)/t26-/m1/s1. The number of hydrogen-bond acceptors (Lipinski definition) is 5. The van der Waals surface area contributed by atoms with Crippen LogP contribution in [-0.4, -0.2) is 51.4 Å². The van der Waals surface area contributed by atoms with Crippen LogP contribution in [0.3, 0.4) is 0 Å². The van der Waals surface area contributed by atoms with Crippen molar-refractivity contribution in [3.05, 3.63) is 87.9 Å². The summed E-state index contributed by atoms with van der Waals surface area (Å²) < 4.78 is 35.0. The number of carbonyl (C=O) groups excluding carboxylic acids is 2. The average molecular weight is 637 g/mol. The van der Waals surface area contributed by atoms with E-state index in [1.807, 2.05) is 6.92 Å². The van der Waals surface area contributed by atoms with Crippen LogP contribution in [0.15, 0.2) is 82.2 Å². The number of rotatable bonds is 12. The molecule has 39 heavy (non-hydrogen) atoms. The van der Waals surface area contributed by atoms with Gasteiger partial charge in [-0.05, 0) is 73.5 Å². The van der Waals surface area contributed by atoms with Crippen molar-refractivity contribution in [2.75, 3.05) is 24.5 Å². The molecular weight excluding hydrogens is 606 g/mol. The summed E-state index contributed by atoms with van der Waals surface area (Å²) in [7, 11) is -2.67. The fourth-order valence-corrected chi connectivity index (χ4v) is 5.91. The maximum absolute atomic E-state index is 13.9. The molecule has 0 unspecified atom stereocenters. The van der Waals surface area contributed by atoms with Gasteiger partial charge in [0.15, 0.2) is 0 Å². The van der Waals surface area contributed by atoms with Crippen molar-refractivity contribution in [2.45, 2.75) is 37.8 Å². The fourth-order valence-electron chi connectivity index (χ4n) is 4.03. The molecule has 0 fully saturated rings. The van der Waals surface area contributed by atoms with Gasteiger partial charge in [-0.2, -0.15) is 0 Å². The predicted molar refractivity (Wildman–Crippen MR) is 156 cm³/mol. The van der Waals surface area contributed by atoms with Crippen molar-refractivity contribution in [1.82, 2.24) is 10.2 Å². The number of carbonyl (C=O) groups is 2. The highest BCUT2D eigenvalue weighted by Gasteiger charge is 2.33. The molecule has 0 radical (unpaired) electrons. The van der Waals surface area contributed by atoms with Gasteiger partial charge in [0.2, 0.25) is 11.8 Å². The quantitative estimate of drug-likeness (QED) is 0.293. The smallest absolute Gasteiger partial charge is 0.264 e. The maximum atomic E-state index is 13.9. The number of halogens is 2. The summed E-state index contributed by atoms with van der Waals surface area (Å²) in [6, 6.07) is 18.8. The van der Waals surface area contributed by atoms with Crippen molar-refractivity contribution < 1.29 is 22.7 Å². The van der Waals surface area contributed by atoms with E-state index in [1.54, 1.807) is 67.6 Å². The number of ether oxygens (including phenoxy) is 1. The molecule has 2 amide bonds. The van der Waals surface area contributed by atoms with Gasteiger partial charge in [0, 0.05) is 23.1 Å². The van der Waals surface area contributed by atoms with Gasteiger partial charge in [0.1, 0.15) is 18.3 Å². The number of sulfonamides is 1. The first-order chi connectivity index (χ1) is 18.6. The van der Waals surface area contributed by atoms with E-state index in [2.05, 4.69) is 21.2 Å². The number of nitrogens with zero attached hydrogens (tertiary/aromatic N) is 2. The van der Waals surface area contributed by atoms with E-state index in [1.165, 1.54) is 24.1 Å². The lowest BCUT2D eigenvalue weighted by Gasteiger charge is -2.33. The van der Waals surface area contributed by atoms with Crippen LogP contribution >= 0.6 is 27.5 Å². The number of anilines is 1. The van der Waals surface area contributed by atoms with Crippen LogP contribution in [0.2, 0.25) is 5.02 Å². The number of nitrogens with one attached hydrogen (secondary N) is 1. The summed E-state index contributed by atoms with van der Waals surface area (Å²) in [5.74, 6) is -0.346. The summed E-state index contributed by atoms with van der Waals surface area (Å²) in [4.78, 5) is 28.1. The van der Waals surface area contributed by atoms with E-state index in [9.17, 15) is 18.0 Å². The summed E-state index contributed by atoms with van der Waals surface area (Å²) in [5.41, 5.74) is 0.915. The zero-order valence-corrected chi connectivity index (χ0v) is 25.1. The molecule has 0 aliphatic heterocycles. The van der Waals surface area contributed by atoms with Crippen LogP contribution < -0.4 is 14.4 Å². The fraction of sp³-hybridized carbons (Fsp3) is 0.286. The third kappa shape index (κ3) is 7.52. The van der Waals surface area contributed by atoms with Crippen LogP contribution in [0.1, 0.15) is 25.8 Å². The Hall–Kier alpha value is -3.08. The first-order valence-electron chi connectivity index (χ1n) is 12.4. The Kier molecular flexibility index (Phi) is 10.8. The first kappa shape index (κ1) is 30.5. The van der Waals surface area contributed by atoms with Crippen LogP contribution in [0.4, 0.5) is 5.69 Å². The lowest BCUT2D eigenvalue weighted by atomic mass is 10.1. The topological polar surface area (TPSA) is 96.0 Å². The Bertz CT molecular complexity index is 1390. The second-order valence-corrected chi connectivity index (χ2v) is 11.7. The van der Waals surface area contributed by atoms with Gasteiger partial charge in [-0.3, -0.25) is 13.9 Å². The van der Waals surface area contributed by atoms with E-state index >= 15 is 0 Å². The van der Waals surface area contributed by atoms with Crippen molar-refractivity contribution >= 4 is 55.1 Å². The summed E-state index contributed by atoms with van der Waals surface area (Å²) in [6.45, 7) is 3.58. The Morgan fingerprint density at radius 1 is 1.00 bits per heavy atom. The second kappa shape index (κ2) is 13.8. The summed E-state index contributed by atoms with van der Waals surface area (Å²) >= 11 is 9.71. The lowest BCUT2D eigenvalue weighted by molar-refractivity contribution is -0.140. The monoisotopic (exact) mass is 635 g/mol. The second-order valence-electron chi connectivity index (χ2n) is 8.54. The highest BCUT2D eigenvalue weighted by molar-refractivity contribution is 9.10. The number of likely N-dealkylation sites (N-methyl/N-ethyl adjacent to an activating group) is 1. The molecule has 8 nitrogen and oxygen atoms in total. The molecule has 208 valence electrons. The molecule has 3 rings (SSSR count). The van der Waals surface area contributed by atoms with Gasteiger partial charge < -0.3 is 15.0 Å². The molecule has 0 aliphatic rings. The minimum absolute atomic E-state index is 0.0170. The molecule has 0 heterocycles. The van der Waals surface area contributed by atoms with Crippen molar-refractivity contribution in [3.8, 4) is 5.75 Å². The third-order valence-corrected chi connectivity index (χ3v) is 8.73. The van der Waals surface area contributed by atoms with E-state index in [4.69, 9.17) is 16.3 Å². The van der Waals surface area contributed by atoms with Crippen molar-refractivity contribution in [2.24, 2.45) is 0 Å². The Morgan fingerprint density at radius 3 is 2.21 bits per heavy atom. The number of hydrogen-bond donors (Lipinski definition) is 1. The van der Waals surface area contributed by atoms with Gasteiger partial charge in [-0.15, -0.1) is 0 Å². The van der Waals surface area contributed by atoms with E-state index in [-0.39, 0.29) is 23.0 Å². The average Bonchev–Trinajstić information content (AvgIpc) is 2.93. The molecule has 3 aromatic rings. The zero-order chi connectivity index (χ0) is 28.6. The van der Waals surface area contributed by atoms with E-state index in [0.29, 0.717) is 33.8 Å². The molecule has 3 aromatic carbocycles. The molecule has 0 aliphatic carbocycles. The predicted octanol–water partition coefficient (Wildman–Crippen LogP) is 5.25. The minimum atomic E-state index is -4.17. The molecule has 1 atom stereocenters. The molecule has 0 spiro atoms. The Balaban J connectivity index is 2.07. The normalized spacial score (nSPS) is 11.9. The van der Waals surface area contributed by atoms with E-state index in [0.717, 1.165) is 4.31 Å². The van der Waals surface area contributed by atoms with Crippen LogP contribution in [0.25, 0.3) is 0 Å². The molecule has 0 saturated carbocycles. The first-order valence-corrected chi connectivity index (χ1v) is 15.0. The summed E-state index contributed by atoms with van der Waals surface area (Å²) in [5, 5.41) is 3.04. The third-order valence-electron chi connectivity index (χ3n) is 6.05. The largest absolute Gasteiger partial charge is 0.494 e. The lowest BCUT2D eigenvalue weighted by Crippen LogP contribution is -2.51. The van der Waals surface area contributed by atoms with Crippen molar-refractivity contribution in [1.29, 1.82) is 0 Å². The number of amides is 2. The molecule has 1 N–H and O–H groups in total. The molecule has 0 bridgehead atoms. The Morgan fingerprint density at radius 2 is 1.64 bits per heavy atom. The summed E-state index contributed by atoms with van der Waals surface area (Å²) in [6.07, 6.45) is 0.318. The highest BCUT2D eigenvalue weighted by Crippen LogP contribution is 2.28. The van der Waals surface area contributed by atoms with Gasteiger partial charge >= 0.3 is 0 Å². The Labute approximate surface area is 243 Å². The highest BCUT2D eigenvalue weighted by atomic mass is 79.9. The minimum Gasteiger partial charge on any atom is -0.494 e. The molecular formula is C28H31BrClN3O5S. The SMILES string of the molecule is CCOc1ccc(N(CC(=O)N(Cc2ccccc2Cl)[C@H](CC)C(=O)NC)S(=O)(=O)c2ccc(Br)cc2)cc1. The van der Waals surface area contributed by atoms with Gasteiger partial charge in [0.05, 0.1) is 17.2 Å². The van der Waals surface area contributed by atoms with Crippen LogP contribution in [0, 0.1) is 0 Å². The van der Waals surface area contributed by atoms with Gasteiger partial charge in [-0.1, -0.05) is 52.7 Å².